The quantitative estimate of drug-likeness (QED) is 0.827. The second kappa shape index (κ2) is 6.03. The van der Waals surface area contributed by atoms with Crippen molar-refractivity contribution in [3.63, 3.8) is 0 Å². The zero-order valence-corrected chi connectivity index (χ0v) is 12.3. The third-order valence-corrected chi connectivity index (χ3v) is 4.11. The number of aliphatic hydroxyl groups excluding tert-OH is 2. The summed E-state index contributed by atoms with van der Waals surface area (Å²) in [4.78, 5) is 14.1. The van der Waals surface area contributed by atoms with Crippen LogP contribution < -0.4 is 0 Å². The van der Waals surface area contributed by atoms with Crippen molar-refractivity contribution in [1.82, 2.24) is 4.90 Å². The zero-order chi connectivity index (χ0) is 13.9. The Morgan fingerprint density at radius 2 is 1.68 bits per heavy atom. The molecule has 1 aromatic carbocycles. The second-order valence-electron chi connectivity index (χ2n) is 4.83. The second-order valence-corrected chi connectivity index (χ2v) is 5.74. The van der Waals surface area contributed by atoms with Crippen LogP contribution in [0.5, 0.6) is 0 Å². The van der Waals surface area contributed by atoms with E-state index >= 15 is 0 Å². The van der Waals surface area contributed by atoms with Crippen LogP contribution in [-0.4, -0.2) is 47.3 Å². The van der Waals surface area contributed by atoms with E-state index in [2.05, 4.69) is 15.9 Å². The topological polar surface area (TPSA) is 60.8 Å². The molecule has 0 saturated heterocycles. The van der Waals surface area contributed by atoms with Gasteiger partial charge in [-0.25, -0.2) is 0 Å². The van der Waals surface area contributed by atoms with Crippen molar-refractivity contribution < 1.29 is 15.0 Å². The number of carbonyl (C=O) groups is 1. The largest absolute Gasteiger partial charge is 0.395 e. The number of hydrogen-bond acceptors (Lipinski definition) is 3. The molecular weight excluding hydrogens is 310 g/mol. The Labute approximate surface area is 121 Å². The summed E-state index contributed by atoms with van der Waals surface area (Å²) in [5, 5.41) is 18.0. The molecular formula is C14H18BrNO3. The maximum Gasteiger partial charge on any atom is 0.233 e. The van der Waals surface area contributed by atoms with E-state index in [-0.39, 0.29) is 32.2 Å². The molecule has 0 radical (unpaired) electrons. The molecule has 2 rings (SSSR count). The van der Waals surface area contributed by atoms with Crippen LogP contribution in [-0.2, 0) is 10.2 Å². The van der Waals surface area contributed by atoms with Gasteiger partial charge in [-0.1, -0.05) is 28.1 Å². The number of benzene rings is 1. The highest BCUT2D eigenvalue weighted by molar-refractivity contribution is 9.10. The first kappa shape index (κ1) is 14.5. The molecule has 0 unspecified atom stereocenters. The van der Waals surface area contributed by atoms with Crippen LogP contribution in [0.25, 0.3) is 0 Å². The number of amides is 1. The summed E-state index contributed by atoms with van der Waals surface area (Å²) in [5.41, 5.74) is 0.576. The normalized spacial score (nSPS) is 16.2. The van der Waals surface area contributed by atoms with Crippen molar-refractivity contribution in [3.8, 4) is 0 Å². The summed E-state index contributed by atoms with van der Waals surface area (Å²) >= 11 is 3.39. The molecule has 1 aromatic rings. The van der Waals surface area contributed by atoms with Crippen molar-refractivity contribution in [1.29, 1.82) is 0 Å². The third-order valence-electron chi connectivity index (χ3n) is 3.58. The Bertz CT molecular complexity index is 437. The Hall–Kier alpha value is -0.910. The lowest BCUT2D eigenvalue weighted by Gasteiger charge is -2.26. The van der Waals surface area contributed by atoms with Crippen LogP contribution in [0.1, 0.15) is 18.4 Å². The number of aliphatic hydroxyl groups is 2. The van der Waals surface area contributed by atoms with Crippen molar-refractivity contribution in [2.24, 2.45) is 0 Å². The molecule has 1 aliphatic carbocycles. The molecule has 0 aliphatic heterocycles. The summed E-state index contributed by atoms with van der Waals surface area (Å²) in [6.07, 6.45) is 1.67. The van der Waals surface area contributed by atoms with Gasteiger partial charge in [-0.05, 0) is 30.5 Å². The Kier molecular flexibility index (Phi) is 4.60. The van der Waals surface area contributed by atoms with E-state index in [1.54, 1.807) is 4.90 Å². The van der Waals surface area contributed by atoms with Gasteiger partial charge in [0.15, 0.2) is 0 Å². The maximum absolute atomic E-state index is 12.6. The predicted octanol–water partition coefficient (Wildman–Crippen LogP) is 1.29. The average Bonchev–Trinajstić information content (AvgIpc) is 3.20. The van der Waals surface area contributed by atoms with Gasteiger partial charge in [0.05, 0.1) is 18.6 Å². The fraction of sp³-hybridized carbons (Fsp3) is 0.500. The van der Waals surface area contributed by atoms with E-state index in [0.29, 0.717) is 0 Å². The average molecular weight is 328 g/mol. The lowest BCUT2D eigenvalue weighted by Crippen LogP contribution is -2.42. The summed E-state index contributed by atoms with van der Waals surface area (Å²) in [5.74, 6) is 0.0120. The Morgan fingerprint density at radius 3 is 2.11 bits per heavy atom. The van der Waals surface area contributed by atoms with Crippen LogP contribution in [0.4, 0.5) is 0 Å². The van der Waals surface area contributed by atoms with Crippen LogP contribution in [0.15, 0.2) is 28.7 Å². The first-order valence-corrected chi connectivity index (χ1v) is 7.20. The zero-order valence-electron chi connectivity index (χ0n) is 10.7. The van der Waals surface area contributed by atoms with Gasteiger partial charge in [0.2, 0.25) is 5.91 Å². The van der Waals surface area contributed by atoms with Crippen molar-refractivity contribution >= 4 is 21.8 Å². The highest BCUT2D eigenvalue weighted by Gasteiger charge is 2.52. The van der Waals surface area contributed by atoms with Gasteiger partial charge in [0, 0.05) is 17.6 Å². The van der Waals surface area contributed by atoms with Gasteiger partial charge < -0.3 is 15.1 Å². The monoisotopic (exact) mass is 327 g/mol. The van der Waals surface area contributed by atoms with Crippen molar-refractivity contribution in [3.05, 3.63) is 34.3 Å². The molecule has 2 N–H and O–H groups in total. The van der Waals surface area contributed by atoms with Gasteiger partial charge in [0.25, 0.3) is 0 Å². The number of rotatable bonds is 6. The summed E-state index contributed by atoms with van der Waals surface area (Å²) in [6, 6.07) is 7.80. The molecule has 19 heavy (non-hydrogen) atoms. The third kappa shape index (κ3) is 2.99. The highest BCUT2D eigenvalue weighted by Crippen LogP contribution is 2.49. The van der Waals surface area contributed by atoms with Gasteiger partial charge in [-0.15, -0.1) is 0 Å². The van der Waals surface area contributed by atoms with Gasteiger partial charge in [-0.2, -0.15) is 0 Å². The molecule has 1 saturated carbocycles. The Balaban J connectivity index is 2.19. The van der Waals surface area contributed by atoms with E-state index in [1.165, 1.54) is 0 Å². The molecule has 0 atom stereocenters. The van der Waals surface area contributed by atoms with E-state index < -0.39 is 5.41 Å². The van der Waals surface area contributed by atoms with Gasteiger partial charge in [-0.3, -0.25) is 4.79 Å². The van der Waals surface area contributed by atoms with Gasteiger partial charge >= 0.3 is 0 Å². The smallest absolute Gasteiger partial charge is 0.233 e. The number of nitrogens with zero attached hydrogens (tertiary/aromatic N) is 1. The minimum absolute atomic E-state index is 0.0120. The predicted molar refractivity (Wildman–Crippen MR) is 75.8 cm³/mol. The van der Waals surface area contributed by atoms with E-state index in [1.807, 2.05) is 24.3 Å². The number of carbonyl (C=O) groups excluding carboxylic acids is 1. The Morgan fingerprint density at radius 1 is 1.16 bits per heavy atom. The number of halogens is 1. The van der Waals surface area contributed by atoms with Crippen molar-refractivity contribution in [2.45, 2.75) is 18.3 Å². The summed E-state index contributed by atoms with van der Waals surface area (Å²) < 4.78 is 0.988. The highest BCUT2D eigenvalue weighted by atomic mass is 79.9. The fourth-order valence-corrected chi connectivity index (χ4v) is 2.64. The molecule has 1 fully saturated rings. The molecule has 0 bridgehead atoms. The SMILES string of the molecule is O=C(N(CCO)CCO)C1(c2ccc(Br)cc2)CC1. The molecule has 0 heterocycles. The molecule has 0 spiro atoms. The van der Waals surface area contributed by atoms with Crippen LogP contribution >= 0.6 is 15.9 Å². The van der Waals surface area contributed by atoms with Crippen molar-refractivity contribution in [2.75, 3.05) is 26.3 Å². The minimum Gasteiger partial charge on any atom is -0.395 e. The lowest BCUT2D eigenvalue weighted by molar-refractivity contribution is -0.135. The molecule has 1 aliphatic rings. The summed E-state index contributed by atoms with van der Waals surface area (Å²) in [6.45, 7) is 0.389. The van der Waals surface area contributed by atoms with E-state index in [9.17, 15) is 4.79 Å². The standard InChI is InChI=1S/C14H18BrNO3/c15-12-3-1-11(2-4-12)14(5-6-14)13(19)16(7-9-17)8-10-18/h1-4,17-18H,5-10H2. The first-order chi connectivity index (χ1) is 9.14. The van der Waals surface area contributed by atoms with Crippen LogP contribution in [0.2, 0.25) is 0 Å². The maximum atomic E-state index is 12.6. The molecule has 0 aromatic heterocycles. The van der Waals surface area contributed by atoms with Gasteiger partial charge in [0.1, 0.15) is 0 Å². The molecule has 4 nitrogen and oxygen atoms in total. The first-order valence-electron chi connectivity index (χ1n) is 6.41. The lowest BCUT2D eigenvalue weighted by atomic mass is 9.94. The molecule has 5 heteroatoms. The fourth-order valence-electron chi connectivity index (χ4n) is 2.38. The van der Waals surface area contributed by atoms with E-state index in [0.717, 1.165) is 22.9 Å². The number of hydrogen-bond donors (Lipinski definition) is 2. The summed E-state index contributed by atoms with van der Waals surface area (Å²) in [7, 11) is 0. The van der Waals surface area contributed by atoms with E-state index in [4.69, 9.17) is 10.2 Å². The molecule has 1 amide bonds. The van der Waals surface area contributed by atoms with Crippen LogP contribution in [0, 0.1) is 0 Å². The van der Waals surface area contributed by atoms with Crippen LogP contribution in [0.3, 0.4) is 0 Å². The minimum atomic E-state index is -0.439. The molecule has 104 valence electrons.